The number of hydrogen-bond donors (Lipinski definition) is 3. The number of fused-ring (bicyclic) bond motifs is 1. The summed E-state index contributed by atoms with van der Waals surface area (Å²) < 4.78 is 6.23. The summed E-state index contributed by atoms with van der Waals surface area (Å²) in [4.78, 5) is 13.2. The van der Waals surface area contributed by atoms with Crippen LogP contribution in [-0.4, -0.2) is 23.6 Å². The molecule has 5 rings (SSSR count). The lowest BCUT2D eigenvalue weighted by Crippen LogP contribution is -2.45. The standard InChI is InChI=1S/C32H37N5O2/c1-20-16-17-22(21(2)18-20)19-35-32(38)39-28-15-5-3-4-12-25-29(28)31(24-11-7-9-14-27(24)34)37-36-30(25)23-10-6-8-13-26(23)33/h6-11,13-14,16-18,25,28-29H,3-5,12,15,19,33-34H2,1-2H3,(H,35,38). The van der Waals surface area contributed by atoms with E-state index in [2.05, 4.69) is 31.3 Å². The molecule has 1 aliphatic heterocycles. The Morgan fingerprint density at radius 1 is 0.872 bits per heavy atom. The molecule has 1 fully saturated rings. The Labute approximate surface area is 230 Å². The molecule has 0 radical (unpaired) electrons. The number of carbonyl (C=O) groups is 1. The largest absolute Gasteiger partial charge is 0.446 e. The molecule has 1 aliphatic carbocycles. The van der Waals surface area contributed by atoms with Crippen LogP contribution in [0.1, 0.15) is 59.9 Å². The molecule has 0 spiro atoms. The maximum Gasteiger partial charge on any atom is 0.407 e. The van der Waals surface area contributed by atoms with E-state index in [1.807, 2.05) is 54.6 Å². The van der Waals surface area contributed by atoms with Crippen molar-refractivity contribution in [3.63, 3.8) is 0 Å². The molecule has 2 aliphatic rings. The fraction of sp³-hybridized carbons (Fsp3) is 0.344. The van der Waals surface area contributed by atoms with Crippen molar-refractivity contribution in [1.82, 2.24) is 5.32 Å². The van der Waals surface area contributed by atoms with Crippen LogP contribution in [0.25, 0.3) is 0 Å². The number of nitrogens with two attached hydrogens (primary N) is 2. The Hall–Kier alpha value is -4.13. The SMILES string of the molecule is Cc1ccc(CNC(=O)OC2CCCCCC3C(c4ccccc4N)=NN=C(c4ccccc4N)C23)c(C)c1. The van der Waals surface area contributed by atoms with Crippen molar-refractivity contribution in [2.24, 2.45) is 22.0 Å². The lowest BCUT2D eigenvalue weighted by molar-refractivity contribution is 0.0577. The number of alkyl carbamates (subject to hydrolysis) is 1. The zero-order valence-electron chi connectivity index (χ0n) is 22.7. The van der Waals surface area contributed by atoms with Crippen LogP contribution in [0, 0.1) is 25.7 Å². The molecule has 7 nitrogen and oxygen atoms in total. The maximum atomic E-state index is 13.2. The highest BCUT2D eigenvalue weighted by Crippen LogP contribution is 2.39. The van der Waals surface area contributed by atoms with Gasteiger partial charge < -0.3 is 21.5 Å². The second kappa shape index (κ2) is 11.7. The van der Waals surface area contributed by atoms with Gasteiger partial charge in [-0.25, -0.2) is 4.79 Å². The Morgan fingerprint density at radius 3 is 2.21 bits per heavy atom. The summed E-state index contributed by atoms with van der Waals surface area (Å²) in [5, 5.41) is 12.5. The second-order valence-corrected chi connectivity index (χ2v) is 10.6. The zero-order valence-corrected chi connectivity index (χ0v) is 22.7. The number of amides is 1. The highest BCUT2D eigenvalue weighted by Gasteiger charge is 2.43. The van der Waals surface area contributed by atoms with Gasteiger partial charge in [-0.1, -0.05) is 73.0 Å². The molecule has 5 N–H and O–H groups in total. The van der Waals surface area contributed by atoms with Crippen molar-refractivity contribution >= 4 is 28.9 Å². The first kappa shape index (κ1) is 26.5. The molecule has 39 heavy (non-hydrogen) atoms. The van der Waals surface area contributed by atoms with Crippen molar-refractivity contribution in [2.75, 3.05) is 11.5 Å². The molecule has 1 heterocycles. The molecule has 0 bridgehead atoms. The van der Waals surface area contributed by atoms with Gasteiger partial charge in [0.15, 0.2) is 0 Å². The van der Waals surface area contributed by atoms with Gasteiger partial charge in [0, 0.05) is 40.9 Å². The van der Waals surface area contributed by atoms with Gasteiger partial charge in [0.1, 0.15) is 6.10 Å². The van der Waals surface area contributed by atoms with Crippen LogP contribution in [0.4, 0.5) is 16.2 Å². The summed E-state index contributed by atoms with van der Waals surface area (Å²) in [5.41, 5.74) is 20.9. The number of nitrogens with zero attached hydrogens (tertiary/aromatic N) is 2. The van der Waals surface area contributed by atoms with Gasteiger partial charge in [0.05, 0.1) is 11.4 Å². The van der Waals surface area contributed by atoms with E-state index in [1.54, 1.807) is 0 Å². The minimum absolute atomic E-state index is 0.0146. The van der Waals surface area contributed by atoms with Gasteiger partial charge >= 0.3 is 6.09 Å². The van der Waals surface area contributed by atoms with Gasteiger partial charge in [0.2, 0.25) is 0 Å². The van der Waals surface area contributed by atoms with E-state index >= 15 is 0 Å². The lowest BCUT2D eigenvalue weighted by atomic mass is 9.71. The minimum atomic E-state index is -0.428. The summed E-state index contributed by atoms with van der Waals surface area (Å²) in [6, 6.07) is 21.7. The van der Waals surface area contributed by atoms with Crippen LogP contribution in [0.2, 0.25) is 0 Å². The summed E-state index contributed by atoms with van der Waals surface area (Å²) in [6.45, 7) is 4.53. The van der Waals surface area contributed by atoms with E-state index in [0.29, 0.717) is 17.9 Å². The minimum Gasteiger partial charge on any atom is -0.446 e. The molecule has 3 aromatic carbocycles. The Kier molecular flexibility index (Phi) is 7.96. The monoisotopic (exact) mass is 523 g/mol. The smallest absolute Gasteiger partial charge is 0.407 e. The molecular formula is C32H37N5O2. The van der Waals surface area contributed by atoms with Crippen molar-refractivity contribution in [1.29, 1.82) is 0 Å². The third-order valence-electron chi connectivity index (χ3n) is 7.92. The lowest BCUT2D eigenvalue weighted by Gasteiger charge is -2.38. The number of para-hydroxylation sites is 2. The molecule has 0 aromatic heterocycles. The highest BCUT2D eigenvalue weighted by molar-refractivity contribution is 6.15. The van der Waals surface area contributed by atoms with Gasteiger partial charge in [-0.2, -0.15) is 10.2 Å². The number of nitrogen functional groups attached to an aromatic ring is 2. The fourth-order valence-electron chi connectivity index (χ4n) is 5.90. The van der Waals surface area contributed by atoms with E-state index in [9.17, 15) is 4.79 Å². The maximum absolute atomic E-state index is 13.2. The van der Waals surface area contributed by atoms with Crippen molar-refractivity contribution in [3.8, 4) is 0 Å². The Morgan fingerprint density at radius 2 is 1.51 bits per heavy atom. The molecule has 3 aromatic rings. The number of benzene rings is 3. The molecule has 0 saturated heterocycles. The van der Waals surface area contributed by atoms with Crippen LogP contribution < -0.4 is 16.8 Å². The van der Waals surface area contributed by atoms with Crippen molar-refractivity contribution in [2.45, 2.75) is 58.6 Å². The second-order valence-electron chi connectivity index (χ2n) is 10.6. The average Bonchev–Trinajstić information content (AvgIpc) is 2.91. The van der Waals surface area contributed by atoms with Gasteiger partial charge in [0.25, 0.3) is 0 Å². The van der Waals surface area contributed by atoms with Crippen LogP contribution in [-0.2, 0) is 11.3 Å². The highest BCUT2D eigenvalue weighted by atomic mass is 16.6. The zero-order chi connectivity index (χ0) is 27.4. The third kappa shape index (κ3) is 5.82. The number of ether oxygens (including phenoxy) is 1. The summed E-state index contributed by atoms with van der Waals surface area (Å²) in [6.07, 6.45) is 3.90. The van der Waals surface area contributed by atoms with Crippen LogP contribution >= 0.6 is 0 Å². The summed E-state index contributed by atoms with van der Waals surface area (Å²) in [5.74, 6) is -0.215. The Bertz CT molecular complexity index is 1410. The molecule has 7 heteroatoms. The number of hydrogen-bond acceptors (Lipinski definition) is 6. The van der Waals surface area contributed by atoms with E-state index < -0.39 is 6.09 Å². The average molecular weight is 524 g/mol. The number of aryl methyl sites for hydroxylation is 2. The predicted molar refractivity (Wildman–Crippen MR) is 158 cm³/mol. The van der Waals surface area contributed by atoms with Gasteiger partial charge in [-0.15, -0.1) is 0 Å². The summed E-state index contributed by atoms with van der Waals surface area (Å²) >= 11 is 0. The number of anilines is 2. The number of carbonyl (C=O) groups excluding carboxylic acids is 1. The van der Waals surface area contributed by atoms with Gasteiger partial charge in [-0.05, 0) is 56.4 Å². The summed E-state index contributed by atoms with van der Waals surface area (Å²) in [7, 11) is 0. The van der Waals surface area contributed by atoms with E-state index in [4.69, 9.17) is 26.4 Å². The van der Waals surface area contributed by atoms with Crippen molar-refractivity contribution < 1.29 is 9.53 Å². The Balaban J connectivity index is 1.48. The molecule has 202 valence electrons. The number of rotatable bonds is 5. The van der Waals surface area contributed by atoms with Crippen LogP contribution in [0.15, 0.2) is 76.9 Å². The normalized spacial score (nSPS) is 21.0. The van der Waals surface area contributed by atoms with Crippen molar-refractivity contribution in [3.05, 3.63) is 94.5 Å². The molecular weight excluding hydrogens is 486 g/mol. The molecule has 3 unspecified atom stereocenters. The van der Waals surface area contributed by atoms with Crippen LogP contribution in [0.3, 0.4) is 0 Å². The van der Waals surface area contributed by atoms with E-state index in [-0.39, 0.29) is 17.9 Å². The van der Waals surface area contributed by atoms with E-state index in [1.165, 1.54) is 5.56 Å². The van der Waals surface area contributed by atoms with Crippen LogP contribution in [0.5, 0.6) is 0 Å². The first-order valence-electron chi connectivity index (χ1n) is 13.8. The molecule has 1 amide bonds. The first-order chi connectivity index (χ1) is 18.9. The first-order valence-corrected chi connectivity index (χ1v) is 13.8. The molecule has 3 atom stereocenters. The molecule has 1 saturated carbocycles. The predicted octanol–water partition coefficient (Wildman–Crippen LogP) is 6.17. The number of nitrogens with one attached hydrogen (secondary N) is 1. The van der Waals surface area contributed by atoms with E-state index in [0.717, 1.165) is 65.8 Å². The third-order valence-corrected chi connectivity index (χ3v) is 7.92. The van der Waals surface area contributed by atoms with Gasteiger partial charge in [-0.3, -0.25) is 0 Å². The quantitative estimate of drug-likeness (QED) is 0.347. The fourth-order valence-corrected chi connectivity index (χ4v) is 5.90. The topological polar surface area (TPSA) is 115 Å².